The number of benzene rings is 2. The van der Waals surface area contributed by atoms with E-state index in [1.807, 2.05) is 12.1 Å². The molecular weight excluding hydrogens is 440 g/mol. The van der Waals surface area contributed by atoms with Crippen LogP contribution < -0.4 is 25.3 Å². The van der Waals surface area contributed by atoms with Crippen molar-refractivity contribution in [1.82, 2.24) is 20.0 Å². The van der Waals surface area contributed by atoms with Crippen LogP contribution in [0.4, 0.5) is 11.5 Å². The van der Waals surface area contributed by atoms with Crippen LogP contribution in [-0.2, 0) is 6.54 Å². The van der Waals surface area contributed by atoms with Gasteiger partial charge in [0.15, 0.2) is 23.0 Å². The molecule has 1 amide bonds. The number of aryl methyl sites for hydroxylation is 1. The monoisotopic (exact) mass is 464 g/mol. The molecule has 0 saturated heterocycles. The Balaban J connectivity index is 1.57. The zero-order chi connectivity index (χ0) is 24.2. The molecule has 0 aliphatic rings. The lowest BCUT2D eigenvalue weighted by Gasteiger charge is -2.10. The SMILES string of the molecule is COc1ccccc1NC(=O)c1nnn(Cc2nc(-c3cccc(OC)c3OC)oc2C)c1N. The van der Waals surface area contributed by atoms with Gasteiger partial charge in [-0.25, -0.2) is 9.67 Å². The predicted octanol–water partition coefficient (Wildman–Crippen LogP) is 3.15. The predicted molar refractivity (Wildman–Crippen MR) is 124 cm³/mol. The number of ether oxygens (including phenoxy) is 3. The summed E-state index contributed by atoms with van der Waals surface area (Å²) < 4.78 is 23.3. The lowest BCUT2D eigenvalue weighted by molar-refractivity contribution is 0.102. The number of hydrogen-bond acceptors (Lipinski definition) is 9. The maximum absolute atomic E-state index is 12.7. The fourth-order valence-corrected chi connectivity index (χ4v) is 3.42. The van der Waals surface area contributed by atoms with Crippen LogP contribution in [0.15, 0.2) is 46.9 Å². The fraction of sp³-hybridized carbons (Fsp3) is 0.217. The normalized spacial score (nSPS) is 10.7. The molecule has 2 aromatic heterocycles. The van der Waals surface area contributed by atoms with E-state index >= 15 is 0 Å². The minimum Gasteiger partial charge on any atom is -0.495 e. The lowest BCUT2D eigenvalue weighted by Crippen LogP contribution is -2.16. The number of nitrogens with zero attached hydrogens (tertiary/aromatic N) is 4. The van der Waals surface area contributed by atoms with Crippen LogP contribution in [0.2, 0.25) is 0 Å². The summed E-state index contributed by atoms with van der Waals surface area (Å²) in [6.45, 7) is 1.93. The van der Waals surface area contributed by atoms with Crippen LogP contribution >= 0.6 is 0 Å². The van der Waals surface area contributed by atoms with E-state index in [1.54, 1.807) is 51.5 Å². The van der Waals surface area contributed by atoms with Gasteiger partial charge in [0, 0.05) is 0 Å². The molecule has 3 N–H and O–H groups in total. The summed E-state index contributed by atoms with van der Waals surface area (Å²) in [7, 11) is 4.63. The molecule has 0 radical (unpaired) electrons. The molecule has 34 heavy (non-hydrogen) atoms. The number of para-hydroxylation sites is 3. The standard InChI is InChI=1S/C23H24N6O5/c1-13-16(26-23(34-13)14-8-7-11-18(32-3)20(14)33-4)12-29-21(24)19(27-28-29)22(30)25-15-9-5-6-10-17(15)31-2/h5-11H,12,24H2,1-4H3,(H,25,30). The molecule has 0 fully saturated rings. The van der Waals surface area contributed by atoms with Crippen LogP contribution in [-0.4, -0.2) is 47.2 Å². The zero-order valence-electron chi connectivity index (χ0n) is 19.2. The number of carbonyl (C=O) groups is 1. The first-order chi connectivity index (χ1) is 16.5. The number of oxazole rings is 1. The maximum Gasteiger partial charge on any atom is 0.280 e. The Labute approximate surface area is 195 Å². The first-order valence-corrected chi connectivity index (χ1v) is 10.3. The Morgan fingerprint density at radius 1 is 1.06 bits per heavy atom. The Kier molecular flexibility index (Phi) is 6.35. The molecule has 4 rings (SSSR count). The second-order valence-electron chi connectivity index (χ2n) is 7.20. The van der Waals surface area contributed by atoms with Gasteiger partial charge in [0.25, 0.3) is 5.91 Å². The van der Waals surface area contributed by atoms with Crippen LogP contribution in [0.25, 0.3) is 11.5 Å². The summed E-state index contributed by atoms with van der Waals surface area (Å²) >= 11 is 0. The van der Waals surface area contributed by atoms with Crippen molar-refractivity contribution in [2.75, 3.05) is 32.4 Å². The van der Waals surface area contributed by atoms with Crippen molar-refractivity contribution < 1.29 is 23.4 Å². The number of nitrogens with two attached hydrogens (primary N) is 1. The van der Waals surface area contributed by atoms with Crippen LogP contribution in [0.3, 0.4) is 0 Å². The molecule has 0 atom stereocenters. The van der Waals surface area contributed by atoms with E-state index in [0.29, 0.717) is 45.8 Å². The number of amides is 1. The van der Waals surface area contributed by atoms with Crippen molar-refractivity contribution in [3.63, 3.8) is 0 Å². The maximum atomic E-state index is 12.7. The molecule has 0 aliphatic carbocycles. The van der Waals surface area contributed by atoms with Gasteiger partial charge < -0.3 is 29.7 Å². The molecule has 11 heteroatoms. The molecule has 2 aromatic carbocycles. The molecule has 2 heterocycles. The van der Waals surface area contributed by atoms with E-state index in [4.69, 9.17) is 24.4 Å². The molecule has 0 saturated carbocycles. The number of hydrogen-bond donors (Lipinski definition) is 2. The second-order valence-corrected chi connectivity index (χ2v) is 7.20. The number of anilines is 2. The topological polar surface area (TPSA) is 140 Å². The van der Waals surface area contributed by atoms with E-state index in [9.17, 15) is 4.79 Å². The van der Waals surface area contributed by atoms with Gasteiger partial charge in [0.2, 0.25) is 5.89 Å². The fourth-order valence-electron chi connectivity index (χ4n) is 3.42. The highest BCUT2D eigenvalue weighted by atomic mass is 16.5. The number of aromatic nitrogens is 4. The van der Waals surface area contributed by atoms with Crippen molar-refractivity contribution in [3.05, 3.63) is 59.6 Å². The minimum absolute atomic E-state index is 0.0123. The minimum atomic E-state index is -0.507. The number of rotatable bonds is 8. The quantitative estimate of drug-likeness (QED) is 0.402. The van der Waals surface area contributed by atoms with Crippen molar-refractivity contribution in [1.29, 1.82) is 0 Å². The molecular formula is C23H24N6O5. The largest absolute Gasteiger partial charge is 0.495 e. The van der Waals surface area contributed by atoms with Crippen LogP contribution in [0.1, 0.15) is 21.9 Å². The first-order valence-electron chi connectivity index (χ1n) is 10.3. The van der Waals surface area contributed by atoms with Gasteiger partial charge in [-0.15, -0.1) is 5.10 Å². The van der Waals surface area contributed by atoms with Gasteiger partial charge in [0.05, 0.1) is 39.1 Å². The summed E-state index contributed by atoms with van der Waals surface area (Å²) in [5, 5.41) is 10.7. The van der Waals surface area contributed by atoms with Gasteiger partial charge in [-0.05, 0) is 31.2 Å². The van der Waals surface area contributed by atoms with Gasteiger partial charge in [-0.2, -0.15) is 0 Å². The molecule has 176 valence electrons. The van der Waals surface area contributed by atoms with Gasteiger partial charge in [0.1, 0.15) is 17.2 Å². The molecule has 0 aliphatic heterocycles. The number of nitrogen functional groups attached to an aromatic ring is 1. The first kappa shape index (κ1) is 22.6. The van der Waals surface area contributed by atoms with E-state index < -0.39 is 5.91 Å². The highest BCUT2D eigenvalue weighted by Gasteiger charge is 2.22. The summed E-state index contributed by atoms with van der Waals surface area (Å²) in [5.74, 6) is 2.09. The highest BCUT2D eigenvalue weighted by molar-refractivity contribution is 6.06. The third-order valence-corrected chi connectivity index (χ3v) is 5.17. The summed E-state index contributed by atoms with van der Waals surface area (Å²) in [4.78, 5) is 17.3. The Morgan fingerprint density at radius 2 is 1.79 bits per heavy atom. The Morgan fingerprint density at radius 3 is 2.53 bits per heavy atom. The average Bonchev–Trinajstić information content (AvgIpc) is 3.41. The summed E-state index contributed by atoms with van der Waals surface area (Å²) in [6, 6.07) is 12.4. The van der Waals surface area contributed by atoms with Crippen molar-refractivity contribution in [2.24, 2.45) is 0 Å². The van der Waals surface area contributed by atoms with E-state index in [1.165, 1.54) is 11.8 Å². The van der Waals surface area contributed by atoms with Crippen molar-refractivity contribution in [2.45, 2.75) is 13.5 Å². The third kappa shape index (κ3) is 4.22. The zero-order valence-corrected chi connectivity index (χ0v) is 19.2. The van der Waals surface area contributed by atoms with E-state index in [0.717, 1.165) is 0 Å². The molecule has 4 aromatic rings. The summed E-state index contributed by atoms with van der Waals surface area (Å²) in [6.07, 6.45) is 0. The van der Waals surface area contributed by atoms with Gasteiger partial charge in [-0.3, -0.25) is 4.79 Å². The van der Waals surface area contributed by atoms with Crippen LogP contribution in [0.5, 0.6) is 17.2 Å². The van der Waals surface area contributed by atoms with Crippen molar-refractivity contribution >= 4 is 17.4 Å². The van der Waals surface area contributed by atoms with Crippen LogP contribution in [0, 0.1) is 6.92 Å². The summed E-state index contributed by atoms with van der Waals surface area (Å²) in [5.41, 5.74) is 7.88. The molecule has 11 nitrogen and oxygen atoms in total. The Bertz CT molecular complexity index is 1330. The molecule has 0 unspecified atom stereocenters. The van der Waals surface area contributed by atoms with Gasteiger partial charge >= 0.3 is 0 Å². The average molecular weight is 464 g/mol. The van der Waals surface area contributed by atoms with E-state index in [-0.39, 0.29) is 18.1 Å². The second kappa shape index (κ2) is 9.53. The highest BCUT2D eigenvalue weighted by Crippen LogP contribution is 2.38. The number of nitrogens with one attached hydrogen (secondary N) is 1. The van der Waals surface area contributed by atoms with Crippen molar-refractivity contribution in [3.8, 4) is 28.7 Å². The third-order valence-electron chi connectivity index (χ3n) is 5.17. The lowest BCUT2D eigenvalue weighted by atomic mass is 10.2. The molecule has 0 bridgehead atoms. The number of carbonyl (C=O) groups excluding carboxylic acids is 1. The number of methoxy groups -OCH3 is 3. The smallest absolute Gasteiger partial charge is 0.280 e. The van der Waals surface area contributed by atoms with E-state index in [2.05, 4.69) is 20.6 Å². The Hall–Kier alpha value is -4.54. The van der Waals surface area contributed by atoms with Gasteiger partial charge in [-0.1, -0.05) is 23.4 Å². The molecule has 0 spiro atoms.